The molecular weight excluding hydrogens is 454 g/mol. The van der Waals surface area contributed by atoms with Crippen LogP contribution in [-0.2, 0) is 11.2 Å². The van der Waals surface area contributed by atoms with Gasteiger partial charge in [0, 0.05) is 5.39 Å². The SMILES string of the molecule is NCCC[C@@H](N)C(=O)N[C@H](CCc1ccccc1)c1ncc(C(=O)Nc2cnc3ccccc3c2)[nH]1. The molecule has 9 heteroatoms. The Kier molecular flexibility index (Phi) is 8.38. The number of nitrogens with zero attached hydrogens (tertiary/aromatic N) is 2. The molecule has 0 spiro atoms. The smallest absolute Gasteiger partial charge is 0.273 e. The van der Waals surface area contributed by atoms with E-state index in [2.05, 4.69) is 25.6 Å². The van der Waals surface area contributed by atoms with Crippen LogP contribution in [0.1, 0.15) is 47.2 Å². The summed E-state index contributed by atoms with van der Waals surface area (Å²) >= 11 is 0. The Bertz CT molecular complexity index is 1310. The molecule has 4 aromatic rings. The molecule has 186 valence electrons. The highest BCUT2D eigenvalue weighted by Gasteiger charge is 2.22. The van der Waals surface area contributed by atoms with Crippen LogP contribution < -0.4 is 22.1 Å². The summed E-state index contributed by atoms with van der Waals surface area (Å²) in [5.41, 5.74) is 14.4. The van der Waals surface area contributed by atoms with Gasteiger partial charge in [-0.25, -0.2) is 4.98 Å². The molecule has 0 fully saturated rings. The van der Waals surface area contributed by atoms with Crippen LogP contribution in [0.2, 0.25) is 0 Å². The van der Waals surface area contributed by atoms with Crippen molar-refractivity contribution in [2.45, 2.75) is 37.8 Å². The van der Waals surface area contributed by atoms with Crippen LogP contribution >= 0.6 is 0 Å². The second-order valence-corrected chi connectivity index (χ2v) is 8.68. The van der Waals surface area contributed by atoms with Gasteiger partial charge >= 0.3 is 0 Å². The number of benzene rings is 2. The van der Waals surface area contributed by atoms with Crippen molar-refractivity contribution in [2.24, 2.45) is 11.5 Å². The Balaban J connectivity index is 1.47. The second kappa shape index (κ2) is 12.1. The highest BCUT2D eigenvalue weighted by atomic mass is 16.2. The van der Waals surface area contributed by atoms with Gasteiger partial charge in [0.05, 0.1) is 35.7 Å². The standard InChI is InChI=1S/C27H31N7O2/c28-14-6-10-21(29)26(35)34-23(13-12-18-7-2-1-3-8-18)25-31-17-24(33-25)27(36)32-20-15-19-9-4-5-11-22(19)30-16-20/h1-5,7-9,11,15-17,21,23H,6,10,12-14,28-29H2,(H,31,33)(H,32,36)(H,34,35)/t21-,23-/m1/s1. The molecule has 2 atom stereocenters. The molecule has 0 aliphatic heterocycles. The first kappa shape index (κ1) is 25.0. The number of hydrogen-bond donors (Lipinski definition) is 5. The molecule has 0 aliphatic carbocycles. The van der Waals surface area contributed by atoms with Crippen LogP contribution in [0.25, 0.3) is 10.9 Å². The number of H-pyrrole nitrogens is 1. The molecule has 36 heavy (non-hydrogen) atoms. The van der Waals surface area contributed by atoms with Crippen molar-refractivity contribution in [3.05, 3.63) is 90.1 Å². The Labute approximate surface area is 209 Å². The van der Waals surface area contributed by atoms with Gasteiger partial charge in [0.1, 0.15) is 11.5 Å². The molecule has 7 N–H and O–H groups in total. The summed E-state index contributed by atoms with van der Waals surface area (Å²) in [6, 6.07) is 18.4. The van der Waals surface area contributed by atoms with Gasteiger partial charge < -0.3 is 27.1 Å². The molecule has 2 heterocycles. The normalized spacial score (nSPS) is 12.7. The number of anilines is 1. The quantitative estimate of drug-likeness (QED) is 0.220. The van der Waals surface area contributed by atoms with E-state index in [1.807, 2.05) is 60.7 Å². The number of imidazole rings is 1. The molecule has 9 nitrogen and oxygen atoms in total. The topological polar surface area (TPSA) is 152 Å². The van der Waals surface area contributed by atoms with Gasteiger partial charge in [0.15, 0.2) is 0 Å². The molecule has 0 bridgehead atoms. The minimum Gasteiger partial charge on any atom is -0.345 e. The summed E-state index contributed by atoms with van der Waals surface area (Å²) in [5, 5.41) is 6.77. The fourth-order valence-electron chi connectivity index (χ4n) is 3.95. The van der Waals surface area contributed by atoms with Gasteiger partial charge in [-0.15, -0.1) is 0 Å². The largest absolute Gasteiger partial charge is 0.345 e. The number of nitrogens with one attached hydrogen (secondary N) is 3. The number of para-hydroxylation sites is 1. The van der Waals surface area contributed by atoms with Crippen molar-refractivity contribution in [3.63, 3.8) is 0 Å². The number of carbonyl (C=O) groups is 2. The van der Waals surface area contributed by atoms with Gasteiger partial charge in [-0.1, -0.05) is 48.5 Å². The average molecular weight is 486 g/mol. The molecule has 0 aliphatic rings. The number of aryl methyl sites for hydroxylation is 1. The van der Waals surface area contributed by atoms with Crippen LogP contribution in [0.3, 0.4) is 0 Å². The van der Waals surface area contributed by atoms with E-state index in [-0.39, 0.29) is 17.5 Å². The number of aromatic amines is 1. The van der Waals surface area contributed by atoms with Gasteiger partial charge in [0.25, 0.3) is 5.91 Å². The Morgan fingerprint density at radius 1 is 0.972 bits per heavy atom. The van der Waals surface area contributed by atoms with E-state index >= 15 is 0 Å². The Hall–Kier alpha value is -4.08. The first-order chi connectivity index (χ1) is 17.5. The van der Waals surface area contributed by atoms with Crippen molar-refractivity contribution >= 4 is 28.4 Å². The zero-order valence-corrected chi connectivity index (χ0v) is 20.0. The Morgan fingerprint density at radius 3 is 2.56 bits per heavy atom. The van der Waals surface area contributed by atoms with Crippen LogP contribution in [0.5, 0.6) is 0 Å². The number of aromatic nitrogens is 3. The highest BCUT2D eigenvalue weighted by Crippen LogP contribution is 2.20. The zero-order chi connectivity index (χ0) is 25.3. The van der Waals surface area contributed by atoms with E-state index in [0.29, 0.717) is 37.3 Å². The summed E-state index contributed by atoms with van der Waals surface area (Å²) in [6.07, 6.45) is 5.55. The molecule has 2 aromatic heterocycles. The number of amides is 2. The number of hydrogen-bond acceptors (Lipinski definition) is 6. The first-order valence-electron chi connectivity index (χ1n) is 12.0. The van der Waals surface area contributed by atoms with Crippen molar-refractivity contribution in [2.75, 3.05) is 11.9 Å². The first-order valence-corrected chi connectivity index (χ1v) is 12.0. The Morgan fingerprint density at radius 2 is 1.75 bits per heavy atom. The van der Waals surface area contributed by atoms with E-state index in [0.717, 1.165) is 22.9 Å². The van der Waals surface area contributed by atoms with Crippen LogP contribution in [0.4, 0.5) is 5.69 Å². The molecule has 0 saturated heterocycles. The third kappa shape index (κ3) is 6.53. The number of fused-ring (bicyclic) bond motifs is 1. The van der Waals surface area contributed by atoms with Gasteiger partial charge in [0.2, 0.25) is 5.91 Å². The molecule has 0 saturated carbocycles. The predicted octanol–water partition coefficient (Wildman–Crippen LogP) is 3.07. The van der Waals surface area contributed by atoms with Crippen molar-refractivity contribution < 1.29 is 9.59 Å². The maximum atomic E-state index is 12.9. The van der Waals surface area contributed by atoms with E-state index < -0.39 is 12.1 Å². The van der Waals surface area contributed by atoms with Gasteiger partial charge in [-0.3, -0.25) is 14.6 Å². The van der Waals surface area contributed by atoms with E-state index in [1.54, 1.807) is 6.20 Å². The summed E-state index contributed by atoms with van der Waals surface area (Å²) in [7, 11) is 0. The fourth-order valence-corrected chi connectivity index (χ4v) is 3.95. The predicted molar refractivity (Wildman–Crippen MR) is 140 cm³/mol. The van der Waals surface area contributed by atoms with E-state index in [1.165, 1.54) is 6.20 Å². The summed E-state index contributed by atoms with van der Waals surface area (Å²) < 4.78 is 0. The molecular formula is C27H31N7O2. The summed E-state index contributed by atoms with van der Waals surface area (Å²) in [5.74, 6) is -0.128. The summed E-state index contributed by atoms with van der Waals surface area (Å²) in [6.45, 7) is 0.474. The lowest BCUT2D eigenvalue weighted by Gasteiger charge is -2.20. The lowest BCUT2D eigenvalue weighted by atomic mass is 10.0. The number of nitrogens with two attached hydrogens (primary N) is 2. The molecule has 2 amide bonds. The minimum absolute atomic E-state index is 0.272. The molecule has 0 radical (unpaired) electrons. The van der Waals surface area contributed by atoms with Crippen molar-refractivity contribution in [3.8, 4) is 0 Å². The number of carbonyl (C=O) groups excluding carboxylic acids is 2. The third-order valence-corrected chi connectivity index (χ3v) is 5.96. The zero-order valence-electron chi connectivity index (χ0n) is 20.0. The average Bonchev–Trinajstić information content (AvgIpc) is 3.40. The lowest BCUT2D eigenvalue weighted by Crippen LogP contribution is -2.42. The summed E-state index contributed by atoms with van der Waals surface area (Å²) in [4.78, 5) is 37.5. The molecule has 2 aromatic carbocycles. The van der Waals surface area contributed by atoms with Crippen molar-refractivity contribution in [1.29, 1.82) is 0 Å². The van der Waals surface area contributed by atoms with Crippen LogP contribution in [0.15, 0.2) is 73.1 Å². The number of pyridine rings is 1. The van der Waals surface area contributed by atoms with Gasteiger partial charge in [-0.05, 0) is 49.9 Å². The van der Waals surface area contributed by atoms with Gasteiger partial charge in [-0.2, -0.15) is 0 Å². The number of rotatable bonds is 11. The lowest BCUT2D eigenvalue weighted by molar-refractivity contribution is -0.123. The van der Waals surface area contributed by atoms with Crippen LogP contribution in [0, 0.1) is 0 Å². The minimum atomic E-state index is -0.661. The van der Waals surface area contributed by atoms with Crippen molar-refractivity contribution in [1.82, 2.24) is 20.3 Å². The maximum absolute atomic E-state index is 12.9. The van der Waals surface area contributed by atoms with Crippen LogP contribution in [-0.4, -0.2) is 39.4 Å². The maximum Gasteiger partial charge on any atom is 0.273 e. The molecule has 0 unspecified atom stereocenters. The van der Waals surface area contributed by atoms with E-state index in [9.17, 15) is 9.59 Å². The second-order valence-electron chi connectivity index (χ2n) is 8.68. The van der Waals surface area contributed by atoms with E-state index in [4.69, 9.17) is 11.5 Å². The third-order valence-electron chi connectivity index (χ3n) is 5.96. The molecule has 4 rings (SSSR count). The fraction of sp³-hybridized carbons (Fsp3) is 0.259. The monoisotopic (exact) mass is 485 g/mol. The highest BCUT2D eigenvalue weighted by molar-refractivity contribution is 6.03.